The van der Waals surface area contributed by atoms with E-state index in [2.05, 4.69) is 4.99 Å². The number of sulfonamides is 1. The van der Waals surface area contributed by atoms with Crippen LogP contribution in [-0.2, 0) is 14.8 Å². The van der Waals surface area contributed by atoms with Crippen LogP contribution in [0.4, 0.5) is 5.69 Å². The van der Waals surface area contributed by atoms with E-state index in [9.17, 15) is 8.42 Å². The van der Waals surface area contributed by atoms with E-state index >= 15 is 0 Å². The molecule has 0 unspecified atom stereocenters. The van der Waals surface area contributed by atoms with Crippen LogP contribution in [0.1, 0.15) is 5.56 Å². The number of benzene rings is 2. The van der Waals surface area contributed by atoms with Gasteiger partial charge in [-0.2, -0.15) is 4.31 Å². The molecule has 0 saturated carbocycles. The number of nitrogens with zero attached hydrogens (tertiary/aromatic N) is 2. The van der Waals surface area contributed by atoms with Crippen molar-refractivity contribution in [3.63, 3.8) is 0 Å². The molecule has 1 saturated heterocycles. The van der Waals surface area contributed by atoms with Crippen LogP contribution >= 0.6 is 0 Å². The Kier molecular flexibility index (Phi) is 4.62. The molecule has 2 aliphatic heterocycles. The highest BCUT2D eigenvalue weighted by molar-refractivity contribution is 7.89. The number of ether oxygens (including phenoxy) is 3. The van der Waals surface area contributed by atoms with Crippen LogP contribution in [0.2, 0.25) is 0 Å². The van der Waals surface area contributed by atoms with Gasteiger partial charge in [-0.1, -0.05) is 6.07 Å². The maximum absolute atomic E-state index is 12.7. The molecule has 2 aliphatic rings. The topological polar surface area (TPSA) is 77.4 Å². The highest BCUT2D eigenvalue weighted by Gasteiger charge is 2.26. The van der Waals surface area contributed by atoms with Crippen LogP contribution in [0.3, 0.4) is 0 Å². The molecule has 7 nitrogen and oxygen atoms in total. The zero-order valence-corrected chi connectivity index (χ0v) is 14.8. The Morgan fingerprint density at radius 1 is 1.00 bits per heavy atom. The zero-order valence-electron chi connectivity index (χ0n) is 14.0. The Morgan fingerprint density at radius 2 is 1.81 bits per heavy atom. The molecule has 2 heterocycles. The Morgan fingerprint density at radius 3 is 2.65 bits per heavy atom. The quantitative estimate of drug-likeness (QED) is 0.767. The fourth-order valence-electron chi connectivity index (χ4n) is 2.80. The number of rotatable bonds is 4. The van der Waals surface area contributed by atoms with Crippen molar-refractivity contribution in [3.05, 3.63) is 48.0 Å². The average Bonchev–Trinajstić information content (AvgIpc) is 3.15. The smallest absolute Gasteiger partial charge is 0.243 e. The third-order valence-electron chi connectivity index (χ3n) is 4.18. The highest BCUT2D eigenvalue weighted by Crippen LogP contribution is 2.32. The lowest BCUT2D eigenvalue weighted by Crippen LogP contribution is -2.40. The molecule has 2 aromatic rings. The zero-order chi connectivity index (χ0) is 18.0. The molecule has 0 spiro atoms. The van der Waals surface area contributed by atoms with E-state index in [0.717, 1.165) is 5.56 Å². The third kappa shape index (κ3) is 3.44. The summed E-state index contributed by atoms with van der Waals surface area (Å²) < 4.78 is 42.7. The minimum Gasteiger partial charge on any atom is -0.454 e. The van der Waals surface area contributed by atoms with Gasteiger partial charge in [-0.15, -0.1) is 0 Å². The SMILES string of the molecule is O=S(=O)(c1cccc(N=Cc2ccc3c(c2)OCO3)c1)N1CCOCC1. The van der Waals surface area contributed by atoms with Crippen molar-refractivity contribution in [2.75, 3.05) is 33.1 Å². The van der Waals surface area contributed by atoms with Gasteiger partial charge in [-0.3, -0.25) is 4.99 Å². The number of fused-ring (bicyclic) bond motifs is 1. The molecule has 0 aliphatic carbocycles. The summed E-state index contributed by atoms with van der Waals surface area (Å²) in [5, 5.41) is 0. The summed E-state index contributed by atoms with van der Waals surface area (Å²) >= 11 is 0. The summed E-state index contributed by atoms with van der Waals surface area (Å²) in [5.74, 6) is 1.39. The van der Waals surface area contributed by atoms with Crippen molar-refractivity contribution >= 4 is 21.9 Å². The van der Waals surface area contributed by atoms with Crippen molar-refractivity contribution < 1.29 is 22.6 Å². The first-order chi connectivity index (χ1) is 12.6. The van der Waals surface area contributed by atoms with Crippen molar-refractivity contribution in [1.82, 2.24) is 4.31 Å². The van der Waals surface area contributed by atoms with E-state index in [1.54, 1.807) is 30.5 Å². The summed E-state index contributed by atoms with van der Waals surface area (Å²) in [4.78, 5) is 4.63. The summed E-state index contributed by atoms with van der Waals surface area (Å²) in [7, 11) is -3.53. The fraction of sp³-hybridized carbons (Fsp3) is 0.278. The molecule has 26 heavy (non-hydrogen) atoms. The number of morpholine rings is 1. The lowest BCUT2D eigenvalue weighted by Gasteiger charge is -2.26. The molecule has 0 N–H and O–H groups in total. The standard InChI is InChI=1S/C18H18N2O5S/c21-26(22,20-6-8-23-9-7-20)16-3-1-2-15(11-16)19-12-14-4-5-17-18(10-14)25-13-24-17/h1-5,10-12H,6-9,13H2. The molecular weight excluding hydrogens is 356 g/mol. The summed E-state index contributed by atoms with van der Waals surface area (Å²) in [6.07, 6.45) is 1.67. The van der Waals surface area contributed by atoms with Crippen LogP contribution in [-0.4, -0.2) is 52.0 Å². The summed E-state index contributed by atoms with van der Waals surface area (Å²) in [6, 6.07) is 12.1. The Bertz CT molecular complexity index is 936. The first-order valence-corrected chi connectivity index (χ1v) is 9.69. The monoisotopic (exact) mass is 374 g/mol. The molecule has 2 aromatic carbocycles. The second kappa shape index (κ2) is 7.06. The predicted molar refractivity (Wildman–Crippen MR) is 95.8 cm³/mol. The lowest BCUT2D eigenvalue weighted by atomic mass is 10.2. The van der Waals surface area contributed by atoms with Gasteiger partial charge in [0.25, 0.3) is 0 Å². The van der Waals surface area contributed by atoms with Crippen LogP contribution in [0.15, 0.2) is 52.4 Å². The molecule has 0 radical (unpaired) electrons. The second-order valence-electron chi connectivity index (χ2n) is 5.88. The Balaban J connectivity index is 1.56. The number of aliphatic imine (C=N–C) groups is 1. The van der Waals surface area contributed by atoms with Crippen molar-refractivity contribution in [2.24, 2.45) is 4.99 Å². The van der Waals surface area contributed by atoms with Gasteiger partial charge in [0, 0.05) is 19.3 Å². The van der Waals surface area contributed by atoms with Crippen LogP contribution in [0.5, 0.6) is 11.5 Å². The van der Waals surface area contributed by atoms with Crippen LogP contribution < -0.4 is 9.47 Å². The van der Waals surface area contributed by atoms with Crippen molar-refractivity contribution in [3.8, 4) is 11.5 Å². The molecule has 0 aromatic heterocycles. The number of hydrogen-bond donors (Lipinski definition) is 0. The van der Waals surface area contributed by atoms with Gasteiger partial charge in [0.2, 0.25) is 16.8 Å². The normalized spacial score (nSPS) is 17.7. The van der Waals surface area contributed by atoms with Gasteiger partial charge < -0.3 is 14.2 Å². The first-order valence-electron chi connectivity index (χ1n) is 8.25. The average molecular weight is 374 g/mol. The van der Waals surface area contributed by atoms with E-state index in [1.165, 1.54) is 4.31 Å². The highest BCUT2D eigenvalue weighted by atomic mass is 32.2. The first kappa shape index (κ1) is 17.0. The minimum atomic E-state index is -3.53. The molecule has 1 fully saturated rings. The van der Waals surface area contributed by atoms with Crippen LogP contribution in [0.25, 0.3) is 0 Å². The van der Waals surface area contributed by atoms with Gasteiger partial charge in [-0.25, -0.2) is 8.42 Å². The maximum Gasteiger partial charge on any atom is 0.243 e. The molecule has 8 heteroatoms. The molecule has 0 bridgehead atoms. The van der Waals surface area contributed by atoms with Crippen molar-refractivity contribution in [1.29, 1.82) is 0 Å². The fourth-order valence-corrected chi connectivity index (χ4v) is 4.25. The lowest BCUT2D eigenvalue weighted by molar-refractivity contribution is 0.0730. The van der Waals surface area contributed by atoms with E-state index in [4.69, 9.17) is 14.2 Å². The van der Waals surface area contributed by atoms with E-state index in [-0.39, 0.29) is 11.7 Å². The molecule has 4 rings (SSSR count). The largest absolute Gasteiger partial charge is 0.454 e. The molecule has 0 amide bonds. The van der Waals surface area contributed by atoms with Crippen molar-refractivity contribution in [2.45, 2.75) is 4.90 Å². The Hall–Kier alpha value is -2.42. The van der Waals surface area contributed by atoms with Gasteiger partial charge in [0.15, 0.2) is 11.5 Å². The third-order valence-corrected chi connectivity index (χ3v) is 6.08. The summed E-state index contributed by atoms with van der Waals surface area (Å²) in [5.41, 5.74) is 1.41. The predicted octanol–water partition coefficient (Wildman–Crippen LogP) is 2.19. The molecule has 136 valence electrons. The number of hydrogen-bond acceptors (Lipinski definition) is 6. The van der Waals surface area contributed by atoms with Gasteiger partial charge >= 0.3 is 0 Å². The Labute approximate surface area is 151 Å². The molecule has 0 atom stereocenters. The minimum absolute atomic E-state index is 0.220. The van der Waals surface area contributed by atoms with E-state index in [1.807, 2.05) is 18.2 Å². The molecular formula is C18H18N2O5S. The van der Waals surface area contributed by atoms with Crippen LogP contribution in [0, 0.1) is 0 Å². The van der Waals surface area contributed by atoms with E-state index < -0.39 is 10.0 Å². The second-order valence-corrected chi connectivity index (χ2v) is 7.82. The maximum atomic E-state index is 12.7. The summed E-state index contributed by atoms with van der Waals surface area (Å²) in [6.45, 7) is 1.79. The van der Waals surface area contributed by atoms with Gasteiger partial charge in [-0.05, 0) is 42.0 Å². The van der Waals surface area contributed by atoms with Gasteiger partial charge in [0.1, 0.15) is 0 Å². The van der Waals surface area contributed by atoms with Gasteiger partial charge in [0.05, 0.1) is 23.8 Å². The van der Waals surface area contributed by atoms with E-state index in [0.29, 0.717) is 43.5 Å².